The Morgan fingerprint density at radius 1 is 1.10 bits per heavy atom. The van der Waals surface area contributed by atoms with Crippen LogP contribution in [0, 0.1) is 0 Å². The van der Waals surface area contributed by atoms with Crippen LogP contribution in [0.4, 0.5) is 0 Å². The SMILES string of the molecule is COC(=O)c1ccc(S(=O)(=O)NCCn2nc(-c3ccncc3)c3c2CCCC3)cc1. The minimum Gasteiger partial charge on any atom is -0.465 e. The highest BCUT2D eigenvalue weighted by molar-refractivity contribution is 7.89. The lowest BCUT2D eigenvalue weighted by Crippen LogP contribution is -2.28. The number of fused-ring (bicyclic) bond motifs is 1. The molecule has 3 aromatic rings. The quantitative estimate of drug-likeness (QED) is 0.567. The third-order valence-corrected chi connectivity index (χ3v) is 6.89. The number of methoxy groups -OCH3 is 1. The zero-order chi connectivity index (χ0) is 21.8. The van der Waals surface area contributed by atoms with E-state index in [1.54, 1.807) is 12.4 Å². The van der Waals surface area contributed by atoms with Crippen LogP contribution in [0.15, 0.2) is 53.7 Å². The van der Waals surface area contributed by atoms with Gasteiger partial charge in [0.1, 0.15) is 0 Å². The van der Waals surface area contributed by atoms with E-state index in [-0.39, 0.29) is 11.4 Å². The van der Waals surface area contributed by atoms with Crippen molar-refractivity contribution >= 4 is 16.0 Å². The third-order valence-electron chi connectivity index (χ3n) is 5.41. The largest absolute Gasteiger partial charge is 0.465 e. The van der Waals surface area contributed by atoms with Gasteiger partial charge in [0.05, 0.1) is 29.8 Å². The summed E-state index contributed by atoms with van der Waals surface area (Å²) in [5.74, 6) is -0.509. The van der Waals surface area contributed by atoms with Gasteiger partial charge in [-0.25, -0.2) is 17.9 Å². The smallest absolute Gasteiger partial charge is 0.337 e. The van der Waals surface area contributed by atoms with Gasteiger partial charge in [0.2, 0.25) is 10.0 Å². The second-order valence-corrected chi connectivity index (χ2v) is 9.12. The minimum absolute atomic E-state index is 0.0973. The van der Waals surface area contributed by atoms with Gasteiger partial charge in [-0.3, -0.25) is 9.67 Å². The van der Waals surface area contributed by atoms with Crippen molar-refractivity contribution in [3.05, 3.63) is 65.6 Å². The molecule has 8 nitrogen and oxygen atoms in total. The zero-order valence-electron chi connectivity index (χ0n) is 17.2. The minimum atomic E-state index is -3.70. The van der Waals surface area contributed by atoms with Crippen LogP contribution in [0.3, 0.4) is 0 Å². The number of sulfonamides is 1. The maximum atomic E-state index is 12.6. The van der Waals surface area contributed by atoms with E-state index >= 15 is 0 Å². The lowest BCUT2D eigenvalue weighted by Gasteiger charge is -2.14. The number of nitrogens with zero attached hydrogens (tertiary/aromatic N) is 3. The molecule has 2 aromatic heterocycles. The van der Waals surface area contributed by atoms with Gasteiger partial charge >= 0.3 is 5.97 Å². The molecule has 1 aromatic carbocycles. The van der Waals surface area contributed by atoms with Crippen molar-refractivity contribution in [2.45, 2.75) is 37.1 Å². The maximum Gasteiger partial charge on any atom is 0.337 e. The lowest BCUT2D eigenvalue weighted by atomic mass is 9.94. The fourth-order valence-corrected chi connectivity index (χ4v) is 4.88. The van der Waals surface area contributed by atoms with Gasteiger partial charge < -0.3 is 4.74 Å². The van der Waals surface area contributed by atoms with E-state index in [4.69, 9.17) is 5.10 Å². The Morgan fingerprint density at radius 3 is 2.52 bits per heavy atom. The molecule has 0 spiro atoms. The molecule has 9 heteroatoms. The number of benzene rings is 1. The summed E-state index contributed by atoms with van der Waals surface area (Å²) in [4.78, 5) is 15.7. The molecule has 4 rings (SSSR count). The summed E-state index contributed by atoms with van der Waals surface area (Å²) in [5, 5.41) is 4.80. The summed E-state index contributed by atoms with van der Waals surface area (Å²) in [6.07, 6.45) is 7.66. The third kappa shape index (κ3) is 4.52. The number of ether oxygens (including phenoxy) is 1. The number of nitrogens with one attached hydrogen (secondary N) is 1. The molecule has 0 amide bonds. The summed E-state index contributed by atoms with van der Waals surface area (Å²) in [6.45, 7) is 0.651. The standard InChI is InChI=1S/C22H24N4O4S/c1-30-22(27)17-6-8-18(9-7-17)31(28,29)24-14-15-26-20-5-3-2-4-19(20)21(25-26)16-10-12-23-13-11-16/h6-13,24H,2-5,14-15H2,1H3. The molecule has 1 N–H and O–H groups in total. The van der Waals surface area contributed by atoms with Gasteiger partial charge in [0.25, 0.3) is 0 Å². The fourth-order valence-electron chi connectivity index (χ4n) is 3.85. The van der Waals surface area contributed by atoms with E-state index in [0.29, 0.717) is 12.1 Å². The highest BCUT2D eigenvalue weighted by Gasteiger charge is 2.22. The van der Waals surface area contributed by atoms with Crippen LogP contribution in [-0.4, -0.2) is 42.8 Å². The number of aromatic nitrogens is 3. The van der Waals surface area contributed by atoms with Crippen LogP contribution < -0.4 is 4.72 Å². The van der Waals surface area contributed by atoms with Crippen molar-refractivity contribution in [2.24, 2.45) is 0 Å². The molecule has 0 saturated carbocycles. The van der Waals surface area contributed by atoms with Crippen LogP contribution in [0.5, 0.6) is 0 Å². The molecular weight excluding hydrogens is 416 g/mol. The number of carbonyl (C=O) groups excluding carboxylic acids is 1. The number of rotatable bonds is 7. The summed E-state index contributed by atoms with van der Waals surface area (Å²) < 4.78 is 34.4. The molecule has 0 saturated heterocycles. The molecule has 1 aliphatic rings. The molecule has 0 aliphatic heterocycles. The molecule has 0 atom stereocenters. The monoisotopic (exact) mass is 440 g/mol. The highest BCUT2D eigenvalue weighted by atomic mass is 32.2. The number of hydrogen-bond acceptors (Lipinski definition) is 6. The average Bonchev–Trinajstić information content (AvgIpc) is 3.18. The average molecular weight is 441 g/mol. The second-order valence-electron chi connectivity index (χ2n) is 7.35. The Bertz CT molecular complexity index is 1170. The first-order chi connectivity index (χ1) is 15.0. The molecule has 2 heterocycles. The first-order valence-electron chi connectivity index (χ1n) is 10.2. The Balaban J connectivity index is 1.48. The van der Waals surface area contributed by atoms with E-state index in [9.17, 15) is 13.2 Å². The van der Waals surface area contributed by atoms with E-state index in [2.05, 4.69) is 14.4 Å². The summed E-state index contributed by atoms with van der Waals surface area (Å²) in [5.41, 5.74) is 4.71. The predicted molar refractivity (Wildman–Crippen MR) is 115 cm³/mol. The molecule has 1 aliphatic carbocycles. The second kappa shape index (κ2) is 8.99. The van der Waals surface area contributed by atoms with E-state index in [0.717, 1.165) is 36.9 Å². The van der Waals surface area contributed by atoms with Crippen LogP contribution >= 0.6 is 0 Å². The normalized spacial score (nSPS) is 13.6. The number of carbonyl (C=O) groups is 1. The summed E-state index contributed by atoms with van der Waals surface area (Å²) >= 11 is 0. The van der Waals surface area contributed by atoms with Crippen molar-refractivity contribution in [3.8, 4) is 11.3 Å². The lowest BCUT2D eigenvalue weighted by molar-refractivity contribution is 0.0600. The molecular formula is C22H24N4O4S. The van der Waals surface area contributed by atoms with Gasteiger partial charge in [-0.2, -0.15) is 5.10 Å². The van der Waals surface area contributed by atoms with Gasteiger partial charge in [-0.1, -0.05) is 0 Å². The van der Waals surface area contributed by atoms with Crippen LogP contribution in [0.1, 0.15) is 34.5 Å². The van der Waals surface area contributed by atoms with E-state index in [1.807, 2.05) is 16.8 Å². The summed E-state index contributed by atoms with van der Waals surface area (Å²) in [7, 11) is -2.42. The molecule has 0 radical (unpaired) electrons. The van der Waals surface area contributed by atoms with Crippen LogP contribution in [0.25, 0.3) is 11.3 Å². The highest BCUT2D eigenvalue weighted by Crippen LogP contribution is 2.30. The molecule has 31 heavy (non-hydrogen) atoms. The van der Waals surface area contributed by atoms with Crippen molar-refractivity contribution < 1.29 is 17.9 Å². The van der Waals surface area contributed by atoms with E-state index in [1.165, 1.54) is 42.6 Å². The first-order valence-corrected chi connectivity index (χ1v) is 11.6. The number of pyridine rings is 1. The fraction of sp³-hybridized carbons (Fsp3) is 0.318. The molecule has 0 bridgehead atoms. The number of hydrogen-bond donors (Lipinski definition) is 1. The van der Waals surface area contributed by atoms with Crippen LogP contribution in [-0.2, 0) is 34.1 Å². The Labute approximate surface area is 181 Å². The van der Waals surface area contributed by atoms with Gasteiger partial charge in [0, 0.05) is 35.8 Å². The van der Waals surface area contributed by atoms with Crippen molar-refractivity contribution in [3.63, 3.8) is 0 Å². The topological polar surface area (TPSA) is 103 Å². The Morgan fingerprint density at radius 2 is 1.81 bits per heavy atom. The molecule has 162 valence electrons. The first kappa shape index (κ1) is 21.2. The van der Waals surface area contributed by atoms with Crippen molar-refractivity contribution in [1.82, 2.24) is 19.5 Å². The van der Waals surface area contributed by atoms with Gasteiger partial charge in [-0.15, -0.1) is 0 Å². The molecule has 0 fully saturated rings. The number of esters is 1. The van der Waals surface area contributed by atoms with Gasteiger partial charge in [0.15, 0.2) is 0 Å². The summed E-state index contributed by atoms with van der Waals surface area (Å²) in [6, 6.07) is 9.55. The maximum absolute atomic E-state index is 12.6. The predicted octanol–water partition coefficient (Wildman–Crippen LogP) is 2.59. The van der Waals surface area contributed by atoms with Gasteiger partial charge in [-0.05, 0) is 62.1 Å². The molecule has 0 unspecified atom stereocenters. The Kier molecular flexibility index (Phi) is 6.15. The van der Waals surface area contributed by atoms with Crippen LogP contribution in [0.2, 0.25) is 0 Å². The van der Waals surface area contributed by atoms with E-state index < -0.39 is 16.0 Å². The van der Waals surface area contributed by atoms with Crippen molar-refractivity contribution in [1.29, 1.82) is 0 Å². The Hall–Kier alpha value is -3.04. The zero-order valence-corrected chi connectivity index (χ0v) is 18.1. The van der Waals surface area contributed by atoms with Crippen molar-refractivity contribution in [2.75, 3.05) is 13.7 Å².